The van der Waals surface area contributed by atoms with Crippen molar-refractivity contribution in [1.29, 1.82) is 0 Å². The third-order valence-electron chi connectivity index (χ3n) is 7.33. The molecule has 1 amide bonds. The second kappa shape index (κ2) is 9.98. The van der Waals surface area contributed by atoms with Crippen molar-refractivity contribution in [3.05, 3.63) is 35.1 Å². The monoisotopic (exact) mass is 469 g/mol. The van der Waals surface area contributed by atoms with Crippen LogP contribution in [0.25, 0.3) is 0 Å². The number of Topliss-reactive ketones (excluding diaryl/α,β-unsaturated/α-hetero) is 1. The van der Waals surface area contributed by atoms with Crippen molar-refractivity contribution in [2.45, 2.75) is 77.0 Å². The number of hydrogen-bond donors (Lipinski definition) is 0. The van der Waals surface area contributed by atoms with Crippen molar-refractivity contribution in [2.24, 2.45) is 5.92 Å². The summed E-state index contributed by atoms with van der Waals surface area (Å²) in [7, 11) is 0. The molecule has 7 nitrogen and oxygen atoms in total. The van der Waals surface area contributed by atoms with Crippen LogP contribution in [0.5, 0.6) is 11.5 Å². The van der Waals surface area contributed by atoms with Crippen LogP contribution in [0.3, 0.4) is 0 Å². The normalized spacial score (nSPS) is 28.6. The summed E-state index contributed by atoms with van der Waals surface area (Å²) in [5.74, 6) is 1.27. The number of fused-ring (bicyclic) bond motifs is 1. The van der Waals surface area contributed by atoms with Gasteiger partial charge in [0.15, 0.2) is 23.0 Å². The second-order valence-corrected chi connectivity index (χ2v) is 9.64. The minimum atomic E-state index is -0.499. The standard InChI is InChI=1S/C27H35NO6/c1-3-13-33-21-12-11-17(15-22(21)31-4-2)24-23-25(29)19-9-5-6-10-20(19)34-26(23)27(30)28(24)16-18-8-7-14-32-18/h11-12,15,18-20,24H,3-10,13-14,16H2,1-2H3. The summed E-state index contributed by atoms with van der Waals surface area (Å²) in [5, 5.41) is 0. The molecule has 184 valence electrons. The fraction of sp³-hybridized carbons (Fsp3) is 0.630. The maximum atomic E-state index is 13.8. The van der Waals surface area contributed by atoms with Gasteiger partial charge in [0, 0.05) is 13.2 Å². The van der Waals surface area contributed by atoms with Gasteiger partial charge in [-0.2, -0.15) is 0 Å². The van der Waals surface area contributed by atoms with Gasteiger partial charge in [-0.15, -0.1) is 0 Å². The Morgan fingerprint density at radius 2 is 1.88 bits per heavy atom. The third kappa shape index (κ3) is 4.19. The lowest BCUT2D eigenvalue weighted by molar-refractivity contribution is -0.136. The Morgan fingerprint density at radius 1 is 1.03 bits per heavy atom. The van der Waals surface area contributed by atoms with E-state index in [4.69, 9.17) is 18.9 Å². The van der Waals surface area contributed by atoms with E-state index in [0.29, 0.717) is 43.4 Å². The van der Waals surface area contributed by atoms with Gasteiger partial charge in [-0.3, -0.25) is 9.59 Å². The quantitative estimate of drug-likeness (QED) is 0.564. The zero-order valence-electron chi connectivity index (χ0n) is 20.2. The van der Waals surface area contributed by atoms with Crippen LogP contribution in [-0.4, -0.2) is 55.2 Å². The molecule has 0 N–H and O–H groups in total. The van der Waals surface area contributed by atoms with Gasteiger partial charge in [0.25, 0.3) is 5.91 Å². The Balaban J connectivity index is 1.54. The highest BCUT2D eigenvalue weighted by Crippen LogP contribution is 2.48. The maximum absolute atomic E-state index is 13.8. The van der Waals surface area contributed by atoms with Gasteiger partial charge in [0.05, 0.1) is 36.9 Å². The summed E-state index contributed by atoms with van der Waals surface area (Å²) < 4.78 is 23.9. The van der Waals surface area contributed by atoms with Crippen LogP contribution in [0.2, 0.25) is 0 Å². The Morgan fingerprint density at radius 3 is 2.65 bits per heavy atom. The lowest BCUT2D eigenvalue weighted by Crippen LogP contribution is -2.39. The lowest BCUT2D eigenvalue weighted by atomic mass is 9.77. The zero-order chi connectivity index (χ0) is 23.7. The molecule has 2 fully saturated rings. The molecule has 0 spiro atoms. The van der Waals surface area contributed by atoms with Crippen molar-refractivity contribution in [3.63, 3.8) is 0 Å². The molecule has 34 heavy (non-hydrogen) atoms. The van der Waals surface area contributed by atoms with Crippen LogP contribution in [0, 0.1) is 5.92 Å². The van der Waals surface area contributed by atoms with Crippen molar-refractivity contribution in [3.8, 4) is 11.5 Å². The highest BCUT2D eigenvalue weighted by Gasteiger charge is 2.52. The number of carbonyl (C=O) groups excluding carboxylic acids is 2. The average Bonchev–Trinajstić information content (AvgIpc) is 3.46. The molecule has 1 saturated heterocycles. The molecular formula is C27H35NO6. The van der Waals surface area contributed by atoms with Gasteiger partial charge in [-0.05, 0) is 63.1 Å². The van der Waals surface area contributed by atoms with Crippen LogP contribution in [0.15, 0.2) is 29.5 Å². The Labute approximate surface area is 201 Å². The molecule has 7 heteroatoms. The summed E-state index contributed by atoms with van der Waals surface area (Å²) in [6.07, 6.45) is 6.29. The van der Waals surface area contributed by atoms with Crippen molar-refractivity contribution in [2.75, 3.05) is 26.4 Å². The van der Waals surface area contributed by atoms with E-state index in [-0.39, 0.29) is 35.6 Å². The summed E-state index contributed by atoms with van der Waals surface area (Å²) in [4.78, 5) is 29.2. The van der Waals surface area contributed by atoms with E-state index >= 15 is 0 Å². The first-order valence-corrected chi connectivity index (χ1v) is 12.9. The van der Waals surface area contributed by atoms with Crippen LogP contribution in [0.4, 0.5) is 0 Å². The van der Waals surface area contributed by atoms with E-state index in [0.717, 1.165) is 50.5 Å². The summed E-state index contributed by atoms with van der Waals surface area (Å²) in [6, 6.07) is 5.26. The molecule has 4 aliphatic rings. The van der Waals surface area contributed by atoms with Crippen LogP contribution >= 0.6 is 0 Å². The summed E-state index contributed by atoms with van der Waals surface area (Å²) in [5.41, 5.74) is 1.35. The number of carbonyl (C=O) groups is 2. The molecule has 1 aliphatic carbocycles. The fourth-order valence-corrected chi connectivity index (χ4v) is 5.73. The second-order valence-electron chi connectivity index (χ2n) is 9.64. The van der Waals surface area contributed by atoms with Gasteiger partial charge in [-0.25, -0.2) is 0 Å². The number of benzene rings is 1. The largest absolute Gasteiger partial charge is 0.490 e. The first-order chi connectivity index (χ1) is 16.6. The molecule has 3 aliphatic heterocycles. The average molecular weight is 470 g/mol. The molecule has 4 unspecified atom stereocenters. The minimum Gasteiger partial charge on any atom is -0.490 e. The van der Waals surface area contributed by atoms with Gasteiger partial charge in [-0.1, -0.05) is 19.4 Å². The topological polar surface area (TPSA) is 74.3 Å². The SMILES string of the molecule is CCCOc1ccc(C2C3=C(OC4CCCCC4C3=O)C(=O)N2CC2CCCO2)cc1OCC. The molecule has 3 heterocycles. The number of nitrogens with zero attached hydrogens (tertiary/aromatic N) is 1. The minimum absolute atomic E-state index is 0.0243. The van der Waals surface area contributed by atoms with Gasteiger partial charge >= 0.3 is 0 Å². The number of hydrogen-bond acceptors (Lipinski definition) is 6. The zero-order valence-corrected chi connectivity index (χ0v) is 20.2. The Kier molecular flexibility index (Phi) is 6.82. The van der Waals surface area contributed by atoms with E-state index in [1.807, 2.05) is 25.1 Å². The molecule has 0 bridgehead atoms. The first-order valence-electron chi connectivity index (χ1n) is 12.9. The fourth-order valence-electron chi connectivity index (χ4n) is 5.73. The van der Waals surface area contributed by atoms with Crippen molar-refractivity contribution in [1.82, 2.24) is 4.90 Å². The van der Waals surface area contributed by atoms with E-state index in [2.05, 4.69) is 6.92 Å². The van der Waals surface area contributed by atoms with E-state index < -0.39 is 6.04 Å². The molecule has 4 atom stereocenters. The van der Waals surface area contributed by atoms with E-state index in [1.54, 1.807) is 4.90 Å². The molecule has 5 rings (SSSR count). The summed E-state index contributed by atoms with van der Waals surface area (Å²) >= 11 is 0. The summed E-state index contributed by atoms with van der Waals surface area (Å²) in [6.45, 7) is 6.24. The molecule has 0 radical (unpaired) electrons. The predicted octanol–water partition coefficient (Wildman–Crippen LogP) is 4.35. The molecule has 1 saturated carbocycles. The predicted molar refractivity (Wildman–Crippen MR) is 126 cm³/mol. The van der Waals surface area contributed by atoms with Crippen LogP contribution in [0.1, 0.15) is 70.4 Å². The van der Waals surface area contributed by atoms with Gasteiger partial charge in [0.2, 0.25) is 0 Å². The van der Waals surface area contributed by atoms with Crippen molar-refractivity contribution >= 4 is 11.7 Å². The smallest absolute Gasteiger partial charge is 0.290 e. The maximum Gasteiger partial charge on any atom is 0.290 e. The first kappa shape index (κ1) is 23.2. The molecular weight excluding hydrogens is 434 g/mol. The number of rotatable bonds is 8. The third-order valence-corrected chi connectivity index (χ3v) is 7.33. The highest BCUT2D eigenvalue weighted by atomic mass is 16.5. The lowest BCUT2D eigenvalue weighted by Gasteiger charge is -2.35. The molecule has 1 aromatic rings. The molecule has 1 aromatic carbocycles. The van der Waals surface area contributed by atoms with Gasteiger partial charge in [0.1, 0.15) is 6.10 Å². The van der Waals surface area contributed by atoms with Gasteiger partial charge < -0.3 is 23.8 Å². The van der Waals surface area contributed by atoms with Crippen molar-refractivity contribution < 1.29 is 28.5 Å². The number of ether oxygens (including phenoxy) is 4. The molecule has 0 aromatic heterocycles. The Bertz CT molecular complexity index is 966. The van der Waals surface area contributed by atoms with Crippen LogP contribution < -0.4 is 9.47 Å². The van der Waals surface area contributed by atoms with E-state index in [1.165, 1.54) is 0 Å². The van der Waals surface area contributed by atoms with E-state index in [9.17, 15) is 9.59 Å². The Hall–Kier alpha value is -2.54. The highest BCUT2D eigenvalue weighted by molar-refractivity contribution is 6.11. The van der Waals surface area contributed by atoms with Crippen LogP contribution in [-0.2, 0) is 19.1 Å². The number of ketones is 1. The number of amides is 1.